The van der Waals surface area contributed by atoms with Crippen LogP contribution in [0.4, 0.5) is 0 Å². The highest BCUT2D eigenvalue weighted by Crippen LogP contribution is 2.48. The number of aryl methyl sites for hydroxylation is 1. The Morgan fingerprint density at radius 2 is 1.92 bits per heavy atom. The summed E-state index contributed by atoms with van der Waals surface area (Å²) in [6.07, 6.45) is 3.20. The van der Waals surface area contributed by atoms with E-state index in [1.807, 2.05) is 42.5 Å². The second-order valence-corrected chi connectivity index (χ2v) is 7.31. The maximum Gasteiger partial charge on any atom is 0.165 e. The second kappa shape index (κ2) is 5.75. The van der Waals surface area contributed by atoms with Gasteiger partial charge >= 0.3 is 0 Å². The zero-order chi connectivity index (χ0) is 16.7. The van der Waals surface area contributed by atoms with Crippen LogP contribution in [0, 0.1) is 5.92 Å². The fourth-order valence-electron chi connectivity index (χ4n) is 4.53. The number of hydrogen-bond donors (Lipinski definition) is 2. The van der Waals surface area contributed by atoms with E-state index in [0.717, 1.165) is 24.0 Å². The van der Waals surface area contributed by atoms with Gasteiger partial charge in [0.1, 0.15) is 11.4 Å². The van der Waals surface area contributed by atoms with Crippen LogP contribution in [-0.2, 0) is 17.6 Å². The summed E-state index contributed by atoms with van der Waals surface area (Å²) in [7, 11) is 0. The molecule has 4 rings (SSSR count). The third-order valence-electron chi connectivity index (χ3n) is 5.74. The summed E-state index contributed by atoms with van der Waals surface area (Å²) in [5, 5.41) is 20.7. The van der Waals surface area contributed by atoms with E-state index in [-0.39, 0.29) is 17.5 Å². The van der Waals surface area contributed by atoms with Gasteiger partial charge in [0.15, 0.2) is 5.78 Å². The highest BCUT2D eigenvalue weighted by molar-refractivity contribution is 5.89. The first-order valence-electron chi connectivity index (χ1n) is 8.66. The highest BCUT2D eigenvalue weighted by atomic mass is 16.3. The average Bonchev–Trinajstić information content (AvgIpc) is 2.57. The number of carbonyl (C=O) groups excluding carboxylic acids is 1. The van der Waals surface area contributed by atoms with E-state index < -0.39 is 5.60 Å². The molecule has 0 aliphatic heterocycles. The monoisotopic (exact) mass is 322 g/mol. The summed E-state index contributed by atoms with van der Waals surface area (Å²) in [5.74, 6) is 0.745. The van der Waals surface area contributed by atoms with Gasteiger partial charge in [-0.2, -0.15) is 0 Å². The predicted octanol–water partition coefficient (Wildman–Crippen LogP) is 3.37. The van der Waals surface area contributed by atoms with Gasteiger partial charge in [-0.1, -0.05) is 36.4 Å². The Morgan fingerprint density at radius 3 is 2.71 bits per heavy atom. The van der Waals surface area contributed by atoms with E-state index >= 15 is 0 Å². The maximum atomic E-state index is 12.8. The third-order valence-corrected chi connectivity index (χ3v) is 5.74. The molecule has 0 amide bonds. The zero-order valence-electron chi connectivity index (χ0n) is 13.6. The molecule has 0 bridgehead atoms. The molecular weight excluding hydrogens is 300 g/mol. The summed E-state index contributed by atoms with van der Waals surface area (Å²) in [6.45, 7) is 0. The number of ketones is 1. The van der Waals surface area contributed by atoms with E-state index in [2.05, 4.69) is 0 Å². The van der Waals surface area contributed by atoms with Crippen LogP contribution in [0.5, 0.6) is 5.75 Å². The molecule has 0 saturated heterocycles. The maximum absolute atomic E-state index is 12.8. The number of aliphatic hydroxyl groups is 1. The van der Waals surface area contributed by atoms with Gasteiger partial charge in [-0.25, -0.2) is 0 Å². The molecule has 0 aromatic heterocycles. The molecule has 3 unspecified atom stereocenters. The van der Waals surface area contributed by atoms with E-state index in [4.69, 9.17) is 0 Å². The molecule has 3 nitrogen and oxygen atoms in total. The van der Waals surface area contributed by atoms with E-state index in [1.165, 1.54) is 5.56 Å². The molecule has 1 fully saturated rings. The van der Waals surface area contributed by atoms with Gasteiger partial charge in [-0.05, 0) is 59.9 Å². The van der Waals surface area contributed by atoms with Crippen LogP contribution in [-0.4, -0.2) is 21.6 Å². The third kappa shape index (κ3) is 2.63. The minimum atomic E-state index is -1.24. The summed E-state index contributed by atoms with van der Waals surface area (Å²) < 4.78 is 0. The number of aromatic hydroxyl groups is 1. The van der Waals surface area contributed by atoms with Crippen LogP contribution in [0.15, 0.2) is 48.5 Å². The summed E-state index contributed by atoms with van der Waals surface area (Å²) in [4.78, 5) is 12.8. The first-order chi connectivity index (χ1) is 11.5. The molecule has 2 aliphatic rings. The summed E-state index contributed by atoms with van der Waals surface area (Å²) in [6, 6.07) is 15.2. The molecule has 2 aliphatic carbocycles. The predicted molar refractivity (Wildman–Crippen MR) is 92.0 cm³/mol. The molecule has 0 radical (unpaired) electrons. The van der Waals surface area contributed by atoms with Gasteiger partial charge in [0.2, 0.25) is 0 Å². The lowest BCUT2D eigenvalue weighted by Gasteiger charge is -2.43. The Bertz CT molecular complexity index is 768. The lowest BCUT2D eigenvalue weighted by atomic mass is 9.62. The Morgan fingerprint density at radius 1 is 1.12 bits per heavy atom. The van der Waals surface area contributed by atoms with Crippen molar-refractivity contribution in [3.05, 3.63) is 65.2 Å². The molecule has 3 atom stereocenters. The minimum Gasteiger partial charge on any atom is -0.508 e. The summed E-state index contributed by atoms with van der Waals surface area (Å²) >= 11 is 0. The Hall–Kier alpha value is -2.13. The fraction of sp³-hybridized carbons (Fsp3) is 0.381. The number of phenols is 1. The lowest BCUT2D eigenvalue weighted by molar-refractivity contribution is -0.144. The molecule has 24 heavy (non-hydrogen) atoms. The smallest absolute Gasteiger partial charge is 0.165 e. The van der Waals surface area contributed by atoms with Crippen molar-refractivity contribution in [3.8, 4) is 5.75 Å². The number of fused-ring (bicyclic) bond motifs is 3. The molecule has 124 valence electrons. The molecular formula is C21H22O3. The molecule has 2 aromatic carbocycles. The van der Waals surface area contributed by atoms with Gasteiger partial charge < -0.3 is 10.2 Å². The molecule has 0 heterocycles. The second-order valence-electron chi connectivity index (χ2n) is 7.31. The number of Topliss-reactive ketones (excluding diaryl/α,β-unsaturated/α-hetero) is 1. The number of benzene rings is 2. The first-order valence-corrected chi connectivity index (χ1v) is 8.66. The van der Waals surface area contributed by atoms with E-state index in [1.54, 1.807) is 6.07 Å². The van der Waals surface area contributed by atoms with Gasteiger partial charge in [-0.3, -0.25) is 4.79 Å². The Balaban J connectivity index is 1.60. The van der Waals surface area contributed by atoms with Crippen molar-refractivity contribution in [1.29, 1.82) is 0 Å². The van der Waals surface area contributed by atoms with Crippen molar-refractivity contribution >= 4 is 5.78 Å². The molecule has 0 spiro atoms. The van der Waals surface area contributed by atoms with Gasteiger partial charge in [0.25, 0.3) is 0 Å². The van der Waals surface area contributed by atoms with Gasteiger partial charge in [-0.15, -0.1) is 0 Å². The van der Waals surface area contributed by atoms with Crippen molar-refractivity contribution in [3.63, 3.8) is 0 Å². The number of phenolic OH excluding ortho intramolecular Hbond substituents is 1. The van der Waals surface area contributed by atoms with Gasteiger partial charge in [0, 0.05) is 12.8 Å². The number of rotatable bonds is 2. The van der Waals surface area contributed by atoms with Crippen molar-refractivity contribution in [2.75, 3.05) is 0 Å². The molecule has 3 heteroatoms. The zero-order valence-corrected chi connectivity index (χ0v) is 13.6. The van der Waals surface area contributed by atoms with E-state index in [9.17, 15) is 15.0 Å². The fourth-order valence-corrected chi connectivity index (χ4v) is 4.53. The largest absolute Gasteiger partial charge is 0.508 e. The molecule has 2 N–H and O–H groups in total. The van der Waals surface area contributed by atoms with Crippen LogP contribution < -0.4 is 0 Å². The van der Waals surface area contributed by atoms with Crippen molar-refractivity contribution in [1.82, 2.24) is 0 Å². The highest BCUT2D eigenvalue weighted by Gasteiger charge is 2.47. The van der Waals surface area contributed by atoms with Gasteiger partial charge in [0.05, 0.1) is 0 Å². The number of hydrogen-bond acceptors (Lipinski definition) is 3. The van der Waals surface area contributed by atoms with Crippen LogP contribution in [0.25, 0.3) is 0 Å². The van der Waals surface area contributed by atoms with E-state index in [0.29, 0.717) is 25.2 Å². The van der Waals surface area contributed by atoms with Crippen molar-refractivity contribution in [2.24, 2.45) is 5.92 Å². The molecule has 2 aromatic rings. The van der Waals surface area contributed by atoms with Crippen LogP contribution >= 0.6 is 0 Å². The lowest BCUT2D eigenvalue weighted by Crippen LogP contribution is -2.49. The van der Waals surface area contributed by atoms with Crippen LogP contribution in [0.3, 0.4) is 0 Å². The standard InChI is InChI=1S/C21H22O3/c22-17-8-9-18-15(10-17)6-7-16-13-21(24,20(23)11-19(16)18)12-14-4-2-1-3-5-14/h1-5,8-10,16,19,22,24H,6-7,11-13H2. The first kappa shape index (κ1) is 15.4. The Labute approximate surface area is 142 Å². The normalized spacial score (nSPS) is 29.0. The Kier molecular flexibility index (Phi) is 3.69. The van der Waals surface area contributed by atoms with Crippen LogP contribution in [0.1, 0.15) is 41.9 Å². The van der Waals surface area contributed by atoms with Crippen LogP contribution in [0.2, 0.25) is 0 Å². The molecule has 1 saturated carbocycles. The minimum absolute atomic E-state index is 0.0477. The summed E-state index contributed by atoms with van der Waals surface area (Å²) in [5.41, 5.74) is 2.10. The average molecular weight is 322 g/mol. The number of carbonyl (C=O) groups is 1. The quantitative estimate of drug-likeness (QED) is 0.891. The topological polar surface area (TPSA) is 57.5 Å². The SMILES string of the molecule is O=C1CC2c3ccc(O)cc3CCC2CC1(O)Cc1ccccc1. The van der Waals surface area contributed by atoms with Crippen molar-refractivity contribution < 1.29 is 15.0 Å². The van der Waals surface area contributed by atoms with Crippen molar-refractivity contribution in [2.45, 2.75) is 43.6 Å².